The standard InChI is InChI=1S/C12H11F2N3OS/c1-6-5-19-10(17-6)4-16-12(18)8-2-7(13)3-9(15)11(8)14/h2-3,5H,4,15H2,1H3,(H,16,18). The first-order valence-corrected chi connectivity index (χ1v) is 6.29. The van der Waals surface area contributed by atoms with E-state index in [0.717, 1.165) is 17.8 Å². The zero-order valence-electron chi connectivity index (χ0n) is 10.0. The van der Waals surface area contributed by atoms with Crippen LogP contribution in [0.5, 0.6) is 0 Å². The predicted octanol–water partition coefficient (Wildman–Crippen LogP) is 2.24. The Kier molecular flexibility index (Phi) is 3.75. The minimum Gasteiger partial charge on any atom is -0.396 e. The summed E-state index contributed by atoms with van der Waals surface area (Å²) in [5.74, 6) is -2.40. The van der Waals surface area contributed by atoms with Crippen LogP contribution >= 0.6 is 11.3 Å². The van der Waals surface area contributed by atoms with Gasteiger partial charge in [-0.2, -0.15) is 0 Å². The molecule has 4 nitrogen and oxygen atoms in total. The number of nitrogens with zero attached hydrogens (tertiary/aromatic N) is 1. The SMILES string of the molecule is Cc1csc(CNC(=O)c2cc(F)cc(N)c2F)n1. The van der Waals surface area contributed by atoms with Crippen LogP contribution in [0.1, 0.15) is 21.1 Å². The molecule has 0 atom stereocenters. The van der Waals surface area contributed by atoms with Crippen LogP contribution in [0.25, 0.3) is 0 Å². The number of carbonyl (C=O) groups excluding carboxylic acids is 1. The van der Waals surface area contributed by atoms with Crippen molar-refractivity contribution in [3.8, 4) is 0 Å². The number of hydrogen-bond donors (Lipinski definition) is 2. The Bertz CT molecular complexity index is 627. The maximum atomic E-state index is 13.6. The minimum atomic E-state index is -0.922. The Morgan fingerprint density at radius 2 is 2.21 bits per heavy atom. The highest BCUT2D eigenvalue weighted by Crippen LogP contribution is 2.17. The molecule has 3 N–H and O–H groups in total. The second-order valence-corrected chi connectivity index (χ2v) is 4.86. The van der Waals surface area contributed by atoms with E-state index >= 15 is 0 Å². The van der Waals surface area contributed by atoms with Crippen LogP contribution in [0, 0.1) is 18.6 Å². The van der Waals surface area contributed by atoms with Crippen molar-refractivity contribution >= 4 is 22.9 Å². The Balaban J connectivity index is 2.12. The van der Waals surface area contributed by atoms with E-state index in [4.69, 9.17) is 5.73 Å². The third-order valence-corrected chi connectivity index (χ3v) is 3.34. The summed E-state index contributed by atoms with van der Waals surface area (Å²) < 4.78 is 26.7. The van der Waals surface area contributed by atoms with Gasteiger partial charge < -0.3 is 11.1 Å². The number of rotatable bonds is 3. The molecule has 100 valence electrons. The molecule has 0 saturated heterocycles. The number of hydrogen-bond acceptors (Lipinski definition) is 4. The Labute approximate surface area is 112 Å². The number of amides is 1. The van der Waals surface area contributed by atoms with Gasteiger partial charge in [-0.1, -0.05) is 0 Å². The molecule has 0 unspecified atom stereocenters. The molecule has 0 fully saturated rings. The highest BCUT2D eigenvalue weighted by atomic mass is 32.1. The van der Waals surface area contributed by atoms with Gasteiger partial charge in [-0.05, 0) is 19.1 Å². The minimum absolute atomic E-state index is 0.160. The Morgan fingerprint density at radius 1 is 1.47 bits per heavy atom. The summed E-state index contributed by atoms with van der Waals surface area (Å²) in [7, 11) is 0. The third kappa shape index (κ3) is 3.05. The first-order valence-electron chi connectivity index (χ1n) is 5.41. The monoisotopic (exact) mass is 283 g/mol. The van der Waals surface area contributed by atoms with Gasteiger partial charge in [0.15, 0.2) is 5.82 Å². The molecule has 2 rings (SSSR count). The van der Waals surface area contributed by atoms with E-state index in [9.17, 15) is 13.6 Å². The molecule has 0 aliphatic heterocycles. The Morgan fingerprint density at radius 3 is 2.84 bits per heavy atom. The lowest BCUT2D eigenvalue weighted by molar-refractivity contribution is 0.0946. The number of thiazole rings is 1. The summed E-state index contributed by atoms with van der Waals surface area (Å²) in [6, 6.07) is 1.64. The number of halogens is 2. The third-order valence-electron chi connectivity index (χ3n) is 2.38. The maximum Gasteiger partial charge on any atom is 0.254 e. The van der Waals surface area contributed by atoms with Crippen LogP contribution in [-0.4, -0.2) is 10.9 Å². The first kappa shape index (κ1) is 13.4. The number of nitrogens with one attached hydrogen (secondary N) is 1. The fraction of sp³-hybridized carbons (Fsp3) is 0.167. The molecular formula is C12H11F2N3OS. The van der Waals surface area contributed by atoms with Crippen molar-refractivity contribution < 1.29 is 13.6 Å². The van der Waals surface area contributed by atoms with Crippen molar-refractivity contribution in [3.05, 3.63) is 45.4 Å². The number of nitrogens with two attached hydrogens (primary N) is 1. The number of aryl methyl sites for hydroxylation is 1. The molecule has 0 saturated carbocycles. The molecule has 7 heteroatoms. The van der Waals surface area contributed by atoms with Gasteiger partial charge in [0.1, 0.15) is 10.8 Å². The summed E-state index contributed by atoms with van der Waals surface area (Å²) >= 11 is 1.38. The van der Waals surface area contributed by atoms with E-state index in [1.54, 1.807) is 0 Å². The Hall–Kier alpha value is -2.02. The van der Waals surface area contributed by atoms with Gasteiger partial charge in [-0.3, -0.25) is 4.79 Å². The summed E-state index contributed by atoms with van der Waals surface area (Å²) in [6.45, 7) is 1.99. The van der Waals surface area contributed by atoms with Gasteiger partial charge in [-0.15, -0.1) is 11.3 Å². The molecule has 2 aromatic rings. The predicted molar refractivity (Wildman–Crippen MR) is 68.8 cm³/mol. The fourth-order valence-corrected chi connectivity index (χ4v) is 2.22. The molecular weight excluding hydrogens is 272 g/mol. The summed E-state index contributed by atoms with van der Waals surface area (Å²) in [5.41, 5.74) is 5.30. The summed E-state index contributed by atoms with van der Waals surface area (Å²) in [6.07, 6.45) is 0. The molecule has 0 aliphatic carbocycles. The smallest absolute Gasteiger partial charge is 0.254 e. The van der Waals surface area contributed by atoms with Gasteiger partial charge in [0.05, 0.1) is 17.8 Å². The molecule has 1 aromatic carbocycles. The first-order chi connectivity index (χ1) is 8.97. The van der Waals surface area contributed by atoms with Crippen LogP contribution in [0.2, 0.25) is 0 Å². The van der Waals surface area contributed by atoms with Crippen LogP contribution < -0.4 is 11.1 Å². The molecule has 0 aliphatic rings. The molecule has 1 heterocycles. The van der Waals surface area contributed by atoms with Crippen LogP contribution in [0.3, 0.4) is 0 Å². The van der Waals surface area contributed by atoms with Gasteiger partial charge >= 0.3 is 0 Å². The number of anilines is 1. The van der Waals surface area contributed by atoms with Crippen LogP contribution in [0.15, 0.2) is 17.5 Å². The van der Waals surface area contributed by atoms with Crippen LogP contribution in [-0.2, 0) is 6.54 Å². The zero-order chi connectivity index (χ0) is 14.0. The number of aromatic nitrogens is 1. The molecule has 0 bridgehead atoms. The number of benzene rings is 1. The molecule has 0 spiro atoms. The second-order valence-electron chi connectivity index (χ2n) is 3.92. The fourth-order valence-electron chi connectivity index (χ4n) is 1.51. The van der Waals surface area contributed by atoms with Crippen molar-refractivity contribution in [2.75, 3.05) is 5.73 Å². The molecule has 0 radical (unpaired) electrons. The average molecular weight is 283 g/mol. The van der Waals surface area contributed by atoms with Crippen molar-refractivity contribution in [2.24, 2.45) is 0 Å². The van der Waals surface area contributed by atoms with Gasteiger partial charge in [0.2, 0.25) is 0 Å². The lowest BCUT2D eigenvalue weighted by atomic mass is 10.1. The molecule has 1 amide bonds. The summed E-state index contributed by atoms with van der Waals surface area (Å²) in [5, 5.41) is 5.00. The van der Waals surface area contributed by atoms with E-state index < -0.39 is 28.8 Å². The van der Waals surface area contributed by atoms with Gasteiger partial charge in [-0.25, -0.2) is 13.8 Å². The second kappa shape index (κ2) is 5.31. The van der Waals surface area contributed by atoms with Crippen molar-refractivity contribution in [1.29, 1.82) is 0 Å². The van der Waals surface area contributed by atoms with Crippen molar-refractivity contribution in [3.63, 3.8) is 0 Å². The lowest BCUT2D eigenvalue weighted by Crippen LogP contribution is -2.24. The van der Waals surface area contributed by atoms with Gasteiger partial charge in [0.25, 0.3) is 5.91 Å². The van der Waals surface area contributed by atoms with Crippen molar-refractivity contribution in [1.82, 2.24) is 10.3 Å². The van der Waals surface area contributed by atoms with Crippen LogP contribution in [0.4, 0.5) is 14.5 Å². The quantitative estimate of drug-likeness (QED) is 0.849. The van der Waals surface area contributed by atoms with E-state index in [2.05, 4.69) is 10.3 Å². The maximum absolute atomic E-state index is 13.6. The molecule has 1 aromatic heterocycles. The average Bonchev–Trinajstić information content (AvgIpc) is 2.76. The summed E-state index contributed by atoms with van der Waals surface area (Å²) in [4.78, 5) is 15.9. The normalized spacial score (nSPS) is 10.5. The lowest BCUT2D eigenvalue weighted by Gasteiger charge is -2.06. The molecule has 19 heavy (non-hydrogen) atoms. The van der Waals surface area contributed by atoms with Gasteiger partial charge in [0, 0.05) is 11.1 Å². The zero-order valence-corrected chi connectivity index (χ0v) is 10.9. The number of nitrogen functional groups attached to an aromatic ring is 1. The van der Waals surface area contributed by atoms with E-state index in [-0.39, 0.29) is 6.54 Å². The van der Waals surface area contributed by atoms with E-state index in [0.29, 0.717) is 5.01 Å². The number of carbonyl (C=O) groups is 1. The highest BCUT2D eigenvalue weighted by Gasteiger charge is 2.16. The van der Waals surface area contributed by atoms with E-state index in [1.807, 2.05) is 12.3 Å². The topological polar surface area (TPSA) is 68.0 Å². The van der Waals surface area contributed by atoms with Crippen molar-refractivity contribution in [2.45, 2.75) is 13.5 Å². The largest absolute Gasteiger partial charge is 0.396 e. The van der Waals surface area contributed by atoms with E-state index in [1.165, 1.54) is 11.3 Å². The highest BCUT2D eigenvalue weighted by molar-refractivity contribution is 7.09.